The predicted octanol–water partition coefficient (Wildman–Crippen LogP) is -0.373. The van der Waals surface area contributed by atoms with Gasteiger partial charge in [0.1, 0.15) is 12.2 Å². The Morgan fingerprint density at radius 3 is 2.61 bits per heavy atom. The fourth-order valence-corrected chi connectivity index (χ4v) is 5.43. The minimum absolute atomic E-state index is 0.0557. The zero-order valence-corrected chi connectivity index (χ0v) is 22.3. The van der Waals surface area contributed by atoms with E-state index in [1.54, 1.807) is 23.1 Å². The quantitative estimate of drug-likeness (QED) is 0.317. The van der Waals surface area contributed by atoms with Crippen molar-refractivity contribution in [2.45, 2.75) is 44.6 Å². The molecule has 2 aliphatic heterocycles. The van der Waals surface area contributed by atoms with Crippen LogP contribution in [0.5, 0.6) is 11.5 Å². The summed E-state index contributed by atoms with van der Waals surface area (Å²) in [6, 6.07) is 2.60. The van der Waals surface area contributed by atoms with Gasteiger partial charge in [0.25, 0.3) is 0 Å². The molecular formula is C27H39N3O8. The molecule has 3 aliphatic rings. The first-order chi connectivity index (χ1) is 18.3. The summed E-state index contributed by atoms with van der Waals surface area (Å²) in [5.74, 6) is -0.731. The summed E-state index contributed by atoms with van der Waals surface area (Å²) in [5.41, 5.74) is 1.54. The van der Waals surface area contributed by atoms with Crippen molar-refractivity contribution < 1.29 is 39.1 Å². The summed E-state index contributed by atoms with van der Waals surface area (Å²) in [7, 11) is 1.49. The number of morpholine rings is 1. The summed E-state index contributed by atoms with van der Waals surface area (Å²) >= 11 is 0. The van der Waals surface area contributed by atoms with Gasteiger partial charge in [-0.25, -0.2) is 0 Å². The summed E-state index contributed by atoms with van der Waals surface area (Å²) in [4.78, 5) is 30.6. The largest absolute Gasteiger partial charge is 0.493 e. The standard InChI is InChI=1S/C27H39N3O8/c1-16(2)27(35)30(6-5-29-7-10-37-11-8-29)20-14-19(26(34)28-4-9-31)22-18-12-17(15-32)13-21(36-3)24(18)38-25(22)23(20)33/h12-14,16,20,22-23,25,31-33H,4-11,15H2,1-3H3,(H,28,34)/t20-,22+,23+,25+/m1/s1. The molecule has 210 valence electrons. The van der Waals surface area contributed by atoms with Gasteiger partial charge in [0.05, 0.1) is 45.5 Å². The maximum absolute atomic E-state index is 13.4. The van der Waals surface area contributed by atoms with Crippen LogP contribution in [0.4, 0.5) is 0 Å². The highest BCUT2D eigenvalue weighted by Crippen LogP contribution is 2.51. The van der Waals surface area contributed by atoms with Crippen molar-refractivity contribution in [1.29, 1.82) is 0 Å². The Morgan fingerprint density at radius 2 is 1.97 bits per heavy atom. The lowest BCUT2D eigenvalue weighted by molar-refractivity contribution is -0.140. The van der Waals surface area contributed by atoms with Crippen molar-refractivity contribution in [3.8, 4) is 11.5 Å². The molecule has 2 heterocycles. The second-order valence-electron chi connectivity index (χ2n) is 10.2. The zero-order chi connectivity index (χ0) is 27.4. The van der Waals surface area contributed by atoms with Crippen molar-refractivity contribution in [1.82, 2.24) is 15.1 Å². The number of methoxy groups -OCH3 is 1. The number of ether oxygens (including phenoxy) is 3. The highest BCUT2D eigenvalue weighted by atomic mass is 16.5. The molecular weight excluding hydrogens is 494 g/mol. The molecule has 4 rings (SSSR count). The minimum atomic E-state index is -1.13. The number of nitrogens with zero attached hydrogens (tertiary/aromatic N) is 2. The molecule has 0 aromatic heterocycles. The summed E-state index contributed by atoms with van der Waals surface area (Å²) in [5, 5.41) is 33.5. The molecule has 2 amide bonds. The number of hydrogen-bond donors (Lipinski definition) is 4. The smallest absolute Gasteiger partial charge is 0.247 e. The van der Waals surface area contributed by atoms with E-state index in [9.17, 15) is 24.9 Å². The lowest BCUT2D eigenvalue weighted by Crippen LogP contribution is -2.57. The van der Waals surface area contributed by atoms with Crippen LogP contribution < -0.4 is 14.8 Å². The van der Waals surface area contributed by atoms with E-state index >= 15 is 0 Å². The Kier molecular flexibility index (Phi) is 9.27. The van der Waals surface area contributed by atoms with Gasteiger partial charge in [-0.05, 0) is 23.8 Å². The number of carbonyl (C=O) groups excluding carboxylic acids is 2. The van der Waals surface area contributed by atoms with Crippen LogP contribution in [0.25, 0.3) is 0 Å². The van der Waals surface area contributed by atoms with Crippen LogP contribution >= 0.6 is 0 Å². The maximum Gasteiger partial charge on any atom is 0.247 e. The highest BCUT2D eigenvalue weighted by Gasteiger charge is 2.51. The van der Waals surface area contributed by atoms with Gasteiger partial charge in [-0.2, -0.15) is 0 Å². The number of nitrogens with one attached hydrogen (secondary N) is 1. The fraction of sp³-hybridized carbons (Fsp3) is 0.630. The fourth-order valence-electron chi connectivity index (χ4n) is 5.43. The maximum atomic E-state index is 13.4. The van der Waals surface area contributed by atoms with Crippen LogP contribution in [0.2, 0.25) is 0 Å². The van der Waals surface area contributed by atoms with E-state index in [1.165, 1.54) is 7.11 Å². The van der Waals surface area contributed by atoms with E-state index in [4.69, 9.17) is 14.2 Å². The highest BCUT2D eigenvalue weighted by molar-refractivity contribution is 5.96. The number of amides is 2. The molecule has 0 bridgehead atoms. The SMILES string of the molecule is COc1cc(CO)cc2c1O[C@@H]1[C@@H](O)[C@H](N(CCN3CCOCC3)C(=O)C(C)C)C=C(C(=O)NCCO)[C@H]21. The van der Waals surface area contributed by atoms with Crippen LogP contribution in [0.15, 0.2) is 23.8 Å². The zero-order valence-electron chi connectivity index (χ0n) is 22.3. The minimum Gasteiger partial charge on any atom is -0.493 e. The first kappa shape index (κ1) is 28.3. The Bertz CT molecular complexity index is 1040. The Hall–Kier alpha value is -2.70. The Morgan fingerprint density at radius 1 is 1.24 bits per heavy atom. The normalized spacial score (nSPS) is 24.8. The first-order valence-corrected chi connectivity index (χ1v) is 13.2. The van der Waals surface area contributed by atoms with Crippen LogP contribution in [0.3, 0.4) is 0 Å². The molecule has 38 heavy (non-hydrogen) atoms. The lowest BCUT2D eigenvalue weighted by atomic mass is 9.77. The summed E-state index contributed by atoms with van der Waals surface area (Å²) in [6.45, 7) is 6.96. The third-order valence-electron chi connectivity index (χ3n) is 7.39. The molecule has 1 aliphatic carbocycles. The number of hydrogen-bond acceptors (Lipinski definition) is 9. The van der Waals surface area contributed by atoms with E-state index in [2.05, 4.69) is 10.2 Å². The Labute approximate surface area is 223 Å². The lowest BCUT2D eigenvalue weighted by Gasteiger charge is -2.42. The molecule has 0 saturated carbocycles. The van der Waals surface area contributed by atoms with E-state index in [-0.39, 0.29) is 31.6 Å². The van der Waals surface area contributed by atoms with E-state index in [1.807, 2.05) is 13.8 Å². The van der Waals surface area contributed by atoms with Gasteiger partial charge in [0, 0.05) is 49.8 Å². The van der Waals surface area contributed by atoms with Crippen LogP contribution in [0.1, 0.15) is 30.9 Å². The van der Waals surface area contributed by atoms with Gasteiger partial charge in [-0.1, -0.05) is 13.8 Å². The average molecular weight is 534 g/mol. The van der Waals surface area contributed by atoms with E-state index in [0.29, 0.717) is 54.5 Å². The van der Waals surface area contributed by atoms with E-state index < -0.39 is 30.1 Å². The van der Waals surface area contributed by atoms with Crippen LogP contribution in [0, 0.1) is 5.92 Å². The van der Waals surface area contributed by atoms with Crippen LogP contribution in [-0.4, -0.2) is 115 Å². The second kappa shape index (κ2) is 12.4. The van der Waals surface area contributed by atoms with Gasteiger partial charge in [0.15, 0.2) is 11.5 Å². The number of fused-ring (bicyclic) bond motifs is 3. The average Bonchev–Trinajstić information content (AvgIpc) is 3.32. The van der Waals surface area contributed by atoms with Gasteiger partial charge < -0.3 is 39.7 Å². The first-order valence-electron chi connectivity index (χ1n) is 13.2. The number of carbonyl (C=O) groups is 2. The predicted molar refractivity (Wildman–Crippen MR) is 138 cm³/mol. The van der Waals surface area contributed by atoms with Crippen LogP contribution in [-0.2, 0) is 20.9 Å². The topological polar surface area (TPSA) is 141 Å². The van der Waals surface area contributed by atoms with Crippen molar-refractivity contribution in [2.24, 2.45) is 5.92 Å². The molecule has 1 aromatic carbocycles. The monoisotopic (exact) mass is 533 g/mol. The van der Waals surface area contributed by atoms with Crippen molar-refractivity contribution in [3.63, 3.8) is 0 Å². The summed E-state index contributed by atoms with van der Waals surface area (Å²) < 4.78 is 17.2. The molecule has 0 spiro atoms. The van der Waals surface area contributed by atoms with Gasteiger partial charge in [-0.15, -0.1) is 0 Å². The van der Waals surface area contributed by atoms with Gasteiger partial charge in [-0.3, -0.25) is 14.5 Å². The molecule has 4 atom stereocenters. The number of rotatable bonds is 10. The number of benzene rings is 1. The molecule has 11 heteroatoms. The van der Waals surface area contributed by atoms with E-state index in [0.717, 1.165) is 13.1 Å². The molecule has 4 N–H and O–H groups in total. The summed E-state index contributed by atoms with van der Waals surface area (Å²) in [6.07, 6.45) is -0.325. The third-order valence-corrected chi connectivity index (χ3v) is 7.39. The molecule has 1 saturated heterocycles. The van der Waals surface area contributed by atoms with Gasteiger partial charge >= 0.3 is 0 Å². The molecule has 11 nitrogen and oxygen atoms in total. The van der Waals surface area contributed by atoms with Crippen molar-refractivity contribution >= 4 is 11.8 Å². The molecule has 0 unspecified atom stereocenters. The molecule has 1 aromatic rings. The number of aliphatic hydroxyl groups excluding tert-OH is 3. The second-order valence-corrected chi connectivity index (χ2v) is 10.2. The van der Waals surface area contributed by atoms with Crippen molar-refractivity contribution in [2.75, 3.05) is 59.7 Å². The molecule has 0 radical (unpaired) electrons. The Balaban J connectivity index is 1.74. The number of aliphatic hydroxyl groups is 3. The van der Waals surface area contributed by atoms with Crippen molar-refractivity contribution in [3.05, 3.63) is 34.9 Å². The third kappa shape index (κ3) is 5.67. The van der Waals surface area contributed by atoms with Gasteiger partial charge in [0.2, 0.25) is 11.8 Å². The molecule has 1 fully saturated rings.